The van der Waals surface area contributed by atoms with Crippen molar-refractivity contribution in [3.63, 3.8) is 0 Å². The van der Waals surface area contributed by atoms with Gasteiger partial charge < -0.3 is 14.6 Å². The zero-order valence-corrected chi connectivity index (χ0v) is 9.48. The average molecular weight is 229 g/mol. The van der Waals surface area contributed by atoms with Crippen molar-refractivity contribution in [3.8, 4) is 0 Å². The number of carboxylic acid groups (broad SMARTS) is 1. The van der Waals surface area contributed by atoms with Crippen molar-refractivity contribution in [1.82, 2.24) is 4.90 Å². The van der Waals surface area contributed by atoms with Crippen LogP contribution < -0.4 is 0 Å². The fourth-order valence-electron chi connectivity index (χ4n) is 2.55. The van der Waals surface area contributed by atoms with Gasteiger partial charge in [-0.15, -0.1) is 0 Å². The van der Waals surface area contributed by atoms with Crippen LogP contribution in [0.1, 0.15) is 19.3 Å². The summed E-state index contributed by atoms with van der Waals surface area (Å²) in [5, 5.41) is 9.49. The summed E-state index contributed by atoms with van der Waals surface area (Å²) < 4.78 is 10.7. The number of hydrogen-bond acceptors (Lipinski definition) is 4. The number of ether oxygens (including phenoxy) is 2. The fraction of sp³-hybridized carbons (Fsp3) is 0.909. The maximum Gasteiger partial charge on any atom is 0.324 e. The number of rotatable bonds is 2. The van der Waals surface area contributed by atoms with Gasteiger partial charge in [-0.3, -0.25) is 9.69 Å². The summed E-state index contributed by atoms with van der Waals surface area (Å²) in [5.41, 5.74) is -0.716. The van der Waals surface area contributed by atoms with Crippen molar-refractivity contribution < 1.29 is 19.4 Å². The third-order valence-corrected chi connectivity index (χ3v) is 3.55. The van der Waals surface area contributed by atoms with Crippen molar-refractivity contribution in [2.24, 2.45) is 0 Å². The van der Waals surface area contributed by atoms with Gasteiger partial charge in [0, 0.05) is 32.9 Å². The van der Waals surface area contributed by atoms with E-state index in [1.165, 1.54) is 0 Å². The minimum absolute atomic E-state index is 0.545. The molecule has 0 aromatic carbocycles. The predicted molar refractivity (Wildman–Crippen MR) is 57.4 cm³/mol. The lowest BCUT2D eigenvalue weighted by Gasteiger charge is -2.42. The molecule has 16 heavy (non-hydrogen) atoms. The van der Waals surface area contributed by atoms with Gasteiger partial charge in [-0.2, -0.15) is 0 Å². The molecule has 5 heteroatoms. The molecule has 0 atom stereocenters. The minimum atomic E-state index is -0.716. The first kappa shape index (κ1) is 11.8. The summed E-state index contributed by atoms with van der Waals surface area (Å²) in [7, 11) is 0. The van der Waals surface area contributed by atoms with Gasteiger partial charge in [0.1, 0.15) is 5.54 Å². The SMILES string of the molecule is O=C(O)C1(N2CCCOCC2)CCOCC1. The Bertz CT molecular complexity index is 242. The van der Waals surface area contributed by atoms with Gasteiger partial charge in [0.05, 0.1) is 6.61 Å². The topological polar surface area (TPSA) is 59.0 Å². The Balaban J connectivity index is 2.12. The van der Waals surface area contributed by atoms with E-state index in [2.05, 4.69) is 4.90 Å². The first-order chi connectivity index (χ1) is 7.76. The molecule has 2 saturated heterocycles. The van der Waals surface area contributed by atoms with Crippen molar-refractivity contribution in [2.45, 2.75) is 24.8 Å². The Hall–Kier alpha value is -0.650. The van der Waals surface area contributed by atoms with Crippen LogP contribution in [0.2, 0.25) is 0 Å². The van der Waals surface area contributed by atoms with Crippen molar-refractivity contribution in [2.75, 3.05) is 39.5 Å². The highest BCUT2D eigenvalue weighted by Gasteiger charge is 2.45. The van der Waals surface area contributed by atoms with Crippen LogP contribution in [0, 0.1) is 0 Å². The molecule has 0 saturated carbocycles. The van der Waals surface area contributed by atoms with E-state index in [1.807, 2.05) is 0 Å². The van der Waals surface area contributed by atoms with Crippen LogP contribution in [0.4, 0.5) is 0 Å². The van der Waals surface area contributed by atoms with E-state index >= 15 is 0 Å². The monoisotopic (exact) mass is 229 g/mol. The molecule has 0 aromatic rings. The quantitative estimate of drug-likeness (QED) is 0.740. The van der Waals surface area contributed by atoms with Crippen LogP contribution in [-0.2, 0) is 14.3 Å². The Kier molecular flexibility index (Phi) is 3.78. The molecule has 0 bridgehead atoms. The summed E-state index contributed by atoms with van der Waals surface area (Å²) in [6, 6.07) is 0. The van der Waals surface area contributed by atoms with Gasteiger partial charge in [0.2, 0.25) is 0 Å². The highest BCUT2D eigenvalue weighted by Crippen LogP contribution is 2.29. The molecule has 0 radical (unpaired) electrons. The third kappa shape index (κ3) is 2.21. The molecule has 2 aliphatic heterocycles. The standard InChI is InChI=1S/C11H19NO4/c13-10(14)11(2-7-16-8-3-11)12-4-1-6-15-9-5-12/h1-9H2,(H,13,14). The molecule has 2 fully saturated rings. The zero-order valence-electron chi connectivity index (χ0n) is 9.48. The molecular weight excluding hydrogens is 210 g/mol. The number of nitrogens with zero attached hydrogens (tertiary/aromatic N) is 1. The molecule has 92 valence electrons. The number of hydrogen-bond donors (Lipinski definition) is 1. The summed E-state index contributed by atoms with van der Waals surface area (Å²) in [6.07, 6.45) is 2.08. The van der Waals surface area contributed by atoms with Crippen LogP contribution in [0.5, 0.6) is 0 Å². The van der Waals surface area contributed by atoms with Gasteiger partial charge in [-0.05, 0) is 19.3 Å². The van der Waals surface area contributed by atoms with E-state index in [4.69, 9.17) is 9.47 Å². The van der Waals surface area contributed by atoms with Gasteiger partial charge >= 0.3 is 5.97 Å². The maximum absolute atomic E-state index is 11.5. The molecule has 5 nitrogen and oxygen atoms in total. The zero-order chi connectivity index (χ0) is 11.4. The maximum atomic E-state index is 11.5. The van der Waals surface area contributed by atoms with Crippen LogP contribution in [0.3, 0.4) is 0 Å². The number of carbonyl (C=O) groups is 1. The van der Waals surface area contributed by atoms with Crippen LogP contribution >= 0.6 is 0 Å². The van der Waals surface area contributed by atoms with Crippen LogP contribution in [-0.4, -0.2) is 61.0 Å². The lowest BCUT2D eigenvalue weighted by molar-refractivity contribution is -0.158. The Morgan fingerprint density at radius 3 is 2.44 bits per heavy atom. The minimum Gasteiger partial charge on any atom is -0.480 e. The van der Waals surface area contributed by atoms with Crippen molar-refractivity contribution in [1.29, 1.82) is 0 Å². The summed E-state index contributed by atoms with van der Waals surface area (Å²) in [5.74, 6) is -0.710. The van der Waals surface area contributed by atoms with E-state index in [0.717, 1.165) is 19.6 Å². The number of carboxylic acids is 1. The Morgan fingerprint density at radius 1 is 1.06 bits per heavy atom. The average Bonchev–Trinajstić information content (AvgIpc) is 2.58. The van der Waals surface area contributed by atoms with Crippen LogP contribution in [0.25, 0.3) is 0 Å². The molecule has 0 amide bonds. The molecule has 2 heterocycles. The summed E-state index contributed by atoms with van der Waals surface area (Å²) in [4.78, 5) is 13.6. The van der Waals surface area contributed by atoms with Gasteiger partial charge in [-0.1, -0.05) is 0 Å². The smallest absolute Gasteiger partial charge is 0.324 e. The second kappa shape index (κ2) is 5.12. The summed E-state index contributed by atoms with van der Waals surface area (Å²) in [6.45, 7) is 3.99. The van der Waals surface area contributed by atoms with Gasteiger partial charge in [-0.25, -0.2) is 0 Å². The molecule has 0 aromatic heterocycles. The first-order valence-corrected chi connectivity index (χ1v) is 5.90. The van der Waals surface area contributed by atoms with Gasteiger partial charge in [0.25, 0.3) is 0 Å². The number of aliphatic carboxylic acids is 1. The van der Waals surface area contributed by atoms with E-state index < -0.39 is 11.5 Å². The van der Waals surface area contributed by atoms with Crippen molar-refractivity contribution >= 4 is 5.97 Å². The first-order valence-electron chi connectivity index (χ1n) is 5.90. The van der Waals surface area contributed by atoms with Crippen molar-refractivity contribution in [3.05, 3.63) is 0 Å². The molecular formula is C11H19NO4. The fourth-order valence-corrected chi connectivity index (χ4v) is 2.55. The Morgan fingerprint density at radius 2 is 1.75 bits per heavy atom. The molecule has 0 spiro atoms. The summed E-state index contributed by atoms with van der Waals surface area (Å²) >= 11 is 0. The van der Waals surface area contributed by atoms with E-state index in [-0.39, 0.29) is 0 Å². The van der Waals surface area contributed by atoms with Crippen LogP contribution in [0.15, 0.2) is 0 Å². The molecule has 1 N–H and O–H groups in total. The van der Waals surface area contributed by atoms with Gasteiger partial charge in [0.15, 0.2) is 0 Å². The van der Waals surface area contributed by atoms with E-state index in [0.29, 0.717) is 39.2 Å². The molecule has 2 rings (SSSR count). The second-order valence-electron chi connectivity index (χ2n) is 4.40. The van der Waals surface area contributed by atoms with E-state index in [9.17, 15) is 9.90 Å². The Labute approximate surface area is 95.3 Å². The highest BCUT2D eigenvalue weighted by molar-refractivity contribution is 5.79. The largest absolute Gasteiger partial charge is 0.480 e. The highest BCUT2D eigenvalue weighted by atomic mass is 16.5. The second-order valence-corrected chi connectivity index (χ2v) is 4.40. The lowest BCUT2D eigenvalue weighted by Crippen LogP contribution is -2.58. The predicted octanol–water partition coefficient (Wildman–Crippen LogP) is 0.342. The third-order valence-electron chi connectivity index (χ3n) is 3.55. The molecule has 0 unspecified atom stereocenters. The lowest BCUT2D eigenvalue weighted by atomic mass is 9.88. The normalized spacial score (nSPS) is 27.2. The molecule has 0 aliphatic carbocycles. The van der Waals surface area contributed by atoms with E-state index in [1.54, 1.807) is 0 Å². The molecule has 2 aliphatic rings.